The maximum Gasteiger partial charge on any atom is 0.0486 e. The standard InChI is InChI=1S/C15H23BrN2/c1-11-5-6-12(13(16)9-11)14(10-17)18-8-4-7-15(18,2)3/h5-6,9,14H,4,7-8,10,17H2,1-3H3. The van der Waals surface area contributed by atoms with Crippen molar-refractivity contribution in [1.82, 2.24) is 4.90 Å². The fourth-order valence-electron chi connectivity index (χ4n) is 3.03. The second kappa shape index (κ2) is 5.32. The van der Waals surface area contributed by atoms with E-state index in [0.717, 1.165) is 6.54 Å². The van der Waals surface area contributed by atoms with Crippen molar-refractivity contribution in [1.29, 1.82) is 0 Å². The van der Waals surface area contributed by atoms with Crippen LogP contribution in [0.15, 0.2) is 22.7 Å². The Morgan fingerprint density at radius 2 is 2.17 bits per heavy atom. The van der Waals surface area contributed by atoms with E-state index in [1.54, 1.807) is 0 Å². The second-order valence-electron chi connectivity index (χ2n) is 5.89. The SMILES string of the molecule is Cc1ccc(C(CN)N2CCCC2(C)C)c(Br)c1. The topological polar surface area (TPSA) is 29.3 Å². The first-order chi connectivity index (χ1) is 8.45. The van der Waals surface area contributed by atoms with E-state index in [2.05, 4.69) is 59.8 Å². The highest BCUT2D eigenvalue weighted by molar-refractivity contribution is 9.10. The Hall–Kier alpha value is -0.380. The number of benzene rings is 1. The van der Waals surface area contributed by atoms with Gasteiger partial charge in [0.05, 0.1) is 0 Å². The van der Waals surface area contributed by atoms with Gasteiger partial charge in [-0.2, -0.15) is 0 Å². The normalized spacial score (nSPS) is 21.2. The van der Waals surface area contributed by atoms with Crippen LogP contribution < -0.4 is 5.73 Å². The van der Waals surface area contributed by atoms with Gasteiger partial charge in [0, 0.05) is 22.6 Å². The lowest BCUT2D eigenvalue weighted by Gasteiger charge is -2.38. The van der Waals surface area contributed by atoms with Crippen LogP contribution in [0, 0.1) is 6.92 Å². The maximum atomic E-state index is 6.05. The molecular formula is C15H23BrN2. The van der Waals surface area contributed by atoms with Crippen LogP contribution in [-0.2, 0) is 0 Å². The number of nitrogens with zero attached hydrogens (tertiary/aromatic N) is 1. The monoisotopic (exact) mass is 310 g/mol. The van der Waals surface area contributed by atoms with Crippen molar-refractivity contribution in [3.8, 4) is 0 Å². The van der Waals surface area contributed by atoms with Gasteiger partial charge >= 0.3 is 0 Å². The number of hydrogen-bond acceptors (Lipinski definition) is 2. The zero-order valence-corrected chi connectivity index (χ0v) is 13.1. The largest absolute Gasteiger partial charge is 0.329 e. The van der Waals surface area contributed by atoms with E-state index in [1.807, 2.05) is 0 Å². The lowest BCUT2D eigenvalue weighted by molar-refractivity contribution is 0.119. The van der Waals surface area contributed by atoms with Crippen LogP contribution in [0.5, 0.6) is 0 Å². The van der Waals surface area contributed by atoms with Crippen molar-refractivity contribution < 1.29 is 0 Å². The highest BCUT2D eigenvalue weighted by Gasteiger charge is 2.37. The smallest absolute Gasteiger partial charge is 0.0486 e. The van der Waals surface area contributed by atoms with Crippen molar-refractivity contribution in [2.45, 2.75) is 45.2 Å². The molecular weight excluding hydrogens is 288 g/mol. The van der Waals surface area contributed by atoms with Crippen LogP contribution in [0.1, 0.15) is 43.9 Å². The molecule has 1 aromatic carbocycles. The summed E-state index contributed by atoms with van der Waals surface area (Å²) in [5.74, 6) is 0. The number of halogens is 1. The molecule has 1 saturated heterocycles. The van der Waals surface area contributed by atoms with Gasteiger partial charge in [0.1, 0.15) is 0 Å². The number of hydrogen-bond donors (Lipinski definition) is 1. The number of likely N-dealkylation sites (tertiary alicyclic amines) is 1. The summed E-state index contributed by atoms with van der Waals surface area (Å²) in [6.45, 7) is 8.58. The minimum Gasteiger partial charge on any atom is -0.329 e. The van der Waals surface area contributed by atoms with E-state index in [1.165, 1.54) is 28.4 Å². The number of rotatable bonds is 3. The summed E-state index contributed by atoms with van der Waals surface area (Å²) in [6.07, 6.45) is 2.53. The highest BCUT2D eigenvalue weighted by Crippen LogP contribution is 2.38. The average molecular weight is 311 g/mol. The molecule has 0 aliphatic carbocycles. The van der Waals surface area contributed by atoms with Gasteiger partial charge < -0.3 is 5.73 Å². The Balaban J connectivity index is 2.33. The summed E-state index contributed by atoms with van der Waals surface area (Å²) in [5, 5.41) is 0. The molecule has 0 radical (unpaired) electrons. The van der Waals surface area contributed by atoms with Gasteiger partial charge in [-0.15, -0.1) is 0 Å². The molecule has 2 rings (SSSR count). The predicted octanol–water partition coefficient (Wildman–Crippen LogP) is 3.63. The molecule has 1 heterocycles. The lowest BCUT2D eigenvalue weighted by atomic mass is 9.97. The predicted molar refractivity (Wildman–Crippen MR) is 80.7 cm³/mol. The van der Waals surface area contributed by atoms with Gasteiger partial charge in [0.15, 0.2) is 0 Å². The highest BCUT2D eigenvalue weighted by atomic mass is 79.9. The lowest BCUT2D eigenvalue weighted by Crippen LogP contribution is -2.43. The van der Waals surface area contributed by atoms with E-state index in [4.69, 9.17) is 5.73 Å². The van der Waals surface area contributed by atoms with Gasteiger partial charge in [0.25, 0.3) is 0 Å². The van der Waals surface area contributed by atoms with Crippen LogP contribution in [0.3, 0.4) is 0 Å². The van der Waals surface area contributed by atoms with Crippen molar-refractivity contribution in [3.05, 3.63) is 33.8 Å². The Labute approximate surface area is 119 Å². The first-order valence-electron chi connectivity index (χ1n) is 6.68. The maximum absolute atomic E-state index is 6.05. The van der Waals surface area contributed by atoms with Gasteiger partial charge in [0.2, 0.25) is 0 Å². The molecule has 1 unspecified atom stereocenters. The van der Waals surface area contributed by atoms with Crippen LogP contribution in [0.2, 0.25) is 0 Å². The molecule has 1 aromatic rings. The summed E-state index contributed by atoms with van der Waals surface area (Å²) in [6, 6.07) is 6.88. The third-order valence-corrected chi connectivity index (χ3v) is 4.77. The third-order valence-electron chi connectivity index (χ3n) is 4.08. The number of nitrogens with two attached hydrogens (primary N) is 1. The van der Waals surface area contributed by atoms with Crippen molar-refractivity contribution >= 4 is 15.9 Å². The molecule has 0 amide bonds. The summed E-state index contributed by atoms with van der Waals surface area (Å²) in [5.41, 5.74) is 8.91. The molecule has 1 aliphatic heterocycles. The fourth-order valence-corrected chi connectivity index (χ4v) is 3.79. The molecule has 18 heavy (non-hydrogen) atoms. The fraction of sp³-hybridized carbons (Fsp3) is 0.600. The van der Waals surface area contributed by atoms with Crippen molar-refractivity contribution in [2.24, 2.45) is 5.73 Å². The summed E-state index contributed by atoms with van der Waals surface area (Å²) in [4.78, 5) is 2.56. The van der Waals surface area contributed by atoms with Gasteiger partial charge in [-0.1, -0.05) is 28.1 Å². The minimum atomic E-state index is 0.258. The van der Waals surface area contributed by atoms with Crippen LogP contribution in [-0.4, -0.2) is 23.5 Å². The molecule has 1 aliphatic rings. The zero-order chi connectivity index (χ0) is 13.3. The Kier molecular flexibility index (Phi) is 4.15. The molecule has 0 bridgehead atoms. The van der Waals surface area contributed by atoms with Crippen LogP contribution in [0.25, 0.3) is 0 Å². The second-order valence-corrected chi connectivity index (χ2v) is 6.74. The molecule has 3 heteroatoms. The zero-order valence-electron chi connectivity index (χ0n) is 11.5. The van der Waals surface area contributed by atoms with E-state index in [-0.39, 0.29) is 5.54 Å². The number of aryl methyl sites for hydroxylation is 1. The summed E-state index contributed by atoms with van der Waals surface area (Å²) in [7, 11) is 0. The van der Waals surface area contributed by atoms with Crippen molar-refractivity contribution in [3.63, 3.8) is 0 Å². The molecule has 100 valence electrons. The van der Waals surface area contributed by atoms with Crippen molar-refractivity contribution in [2.75, 3.05) is 13.1 Å². The third kappa shape index (κ3) is 2.63. The van der Waals surface area contributed by atoms with Gasteiger partial charge in [-0.3, -0.25) is 4.90 Å². The molecule has 0 saturated carbocycles. The summed E-state index contributed by atoms with van der Waals surface area (Å²) < 4.78 is 1.18. The van der Waals surface area contributed by atoms with E-state index in [0.29, 0.717) is 12.6 Å². The average Bonchev–Trinajstić information content (AvgIpc) is 2.63. The van der Waals surface area contributed by atoms with Gasteiger partial charge in [-0.25, -0.2) is 0 Å². The van der Waals surface area contributed by atoms with Crippen LogP contribution in [0.4, 0.5) is 0 Å². The Bertz CT molecular complexity index is 429. The van der Waals surface area contributed by atoms with Crippen LogP contribution >= 0.6 is 15.9 Å². The molecule has 0 spiro atoms. The quantitative estimate of drug-likeness (QED) is 0.923. The first kappa shape index (κ1) is 14.0. The Morgan fingerprint density at radius 3 is 2.67 bits per heavy atom. The van der Waals surface area contributed by atoms with E-state index in [9.17, 15) is 0 Å². The Morgan fingerprint density at radius 1 is 1.44 bits per heavy atom. The van der Waals surface area contributed by atoms with E-state index >= 15 is 0 Å². The molecule has 1 fully saturated rings. The van der Waals surface area contributed by atoms with E-state index < -0.39 is 0 Å². The molecule has 2 nitrogen and oxygen atoms in total. The molecule has 1 atom stereocenters. The minimum absolute atomic E-state index is 0.258. The molecule has 0 aromatic heterocycles. The summed E-state index contributed by atoms with van der Waals surface area (Å²) >= 11 is 3.69. The first-order valence-corrected chi connectivity index (χ1v) is 7.48. The van der Waals surface area contributed by atoms with Gasteiger partial charge in [-0.05, 0) is 57.4 Å². The molecule has 2 N–H and O–H groups in total.